The number of aromatic nitrogens is 1. The number of para-hydroxylation sites is 1. The van der Waals surface area contributed by atoms with E-state index in [0.717, 1.165) is 28.1 Å². The maximum atomic E-state index is 12.1. The van der Waals surface area contributed by atoms with E-state index in [0.29, 0.717) is 6.54 Å². The van der Waals surface area contributed by atoms with Gasteiger partial charge in [0.1, 0.15) is 5.75 Å². The minimum atomic E-state index is -0.0570. The van der Waals surface area contributed by atoms with Crippen LogP contribution in [0.2, 0.25) is 0 Å². The van der Waals surface area contributed by atoms with Crippen LogP contribution in [0.4, 0.5) is 0 Å². The van der Waals surface area contributed by atoms with Gasteiger partial charge in [-0.05, 0) is 23.8 Å². The number of methoxy groups -OCH3 is 1. The number of rotatable bonds is 6. The molecule has 0 aliphatic rings. The van der Waals surface area contributed by atoms with Crippen LogP contribution in [-0.4, -0.2) is 18.0 Å². The van der Waals surface area contributed by atoms with Crippen molar-refractivity contribution in [2.75, 3.05) is 7.11 Å². The SMILES string of the molecule is COc1ccccc1CC(=O)NCc1ccc(-c2ccoc2)nc1. The summed E-state index contributed by atoms with van der Waals surface area (Å²) in [4.78, 5) is 16.5. The van der Waals surface area contributed by atoms with Gasteiger partial charge in [0, 0.05) is 23.9 Å². The zero-order valence-corrected chi connectivity index (χ0v) is 13.4. The largest absolute Gasteiger partial charge is 0.496 e. The minimum Gasteiger partial charge on any atom is -0.496 e. The van der Waals surface area contributed by atoms with E-state index in [1.54, 1.807) is 25.8 Å². The summed E-state index contributed by atoms with van der Waals surface area (Å²) in [6.07, 6.45) is 5.30. The molecule has 3 rings (SSSR count). The number of carbonyl (C=O) groups excluding carboxylic acids is 1. The molecular weight excluding hydrogens is 304 g/mol. The van der Waals surface area contributed by atoms with Gasteiger partial charge in [-0.3, -0.25) is 9.78 Å². The lowest BCUT2D eigenvalue weighted by molar-refractivity contribution is -0.120. The Balaban J connectivity index is 1.56. The molecule has 1 amide bonds. The molecule has 0 bridgehead atoms. The van der Waals surface area contributed by atoms with Crippen molar-refractivity contribution < 1.29 is 13.9 Å². The number of hydrogen-bond acceptors (Lipinski definition) is 4. The molecule has 0 aliphatic carbocycles. The van der Waals surface area contributed by atoms with E-state index >= 15 is 0 Å². The Labute approximate surface area is 140 Å². The third-order valence-electron chi connectivity index (χ3n) is 3.67. The lowest BCUT2D eigenvalue weighted by Gasteiger charge is -2.09. The molecule has 0 fully saturated rings. The fraction of sp³-hybridized carbons (Fsp3) is 0.158. The number of carbonyl (C=O) groups is 1. The second-order valence-corrected chi connectivity index (χ2v) is 5.33. The van der Waals surface area contributed by atoms with Gasteiger partial charge in [0.2, 0.25) is 5.91 Å². The fourth-order valence-corrected chi connectivity index (χ4v) is 2.40. The van der Waals surface area contributed by atoms with Gasteiger partial charge in [-0.2, -0.15) is 0 Å². The Morgan fingerprint density at radius 3 is 2.79 bits per heavy atom. The summed E-state index contributed by atoms with van der Waals surface area (Å²) in [5, 5.41) is 2.90. The summed E-state index contributed by atoms with van der Waals surface area (Å²) in [5.74, 6) is 0.664. The Morgan fingerprint density at radius 1 is 1.21 bits per heavy atom. The third-order valence-corrected chi connectivity index (χ3v) is 3.67. The Kier molecular flexibility index (Phi) is 4.91. The van der Waals surface area contributed by atoms with E-state index in [4.69, 9.17) is 9.15 Å². The van der Waals surface area contributed by atoms with Gasteiger partial charge >= 0.3 is 0 Å². The van der Waals surface area contributed by atoms with Gasteiger partial charge in [0.05, 0.1) is 31.8 Å². The van der Waals surface area contributed by atoms with Gasteiger partial charge < -0.3 is 14.5 Å². The molecule has 3 aromatic rings. The molecule has 0 unspecified atom stereocenters. The summed E-state index contributed by atoms with van der Waals surface area (Å²) in [6, 6.07) is 13.2. The molecule has 1 N–H and O–H groups in total. The standard InChI is InChI=1S/C19H18N2O3/c1-23-18-5-3-2-4-15(18)10-19(22)21-12-14-6-7-17(20-11-14)16-8-9-24-13-16/h2-9,11,13H,10,12H2,1H3,(H,21,22). The first-order valence-corrected chi connectivity index (χ1v) is 7.62. The molecule has 2 heterocycles. The predicted molar refractivity (Wildman–Crippen MR) is 90.5 cm³/mol. The van der Waals surface area contributed by atoms with Crippen molar-refractivity contribution in [3.05, 3.63) is 72.3 Å². The fourth-order valence-electron chi connectivity index (χ4n) is 2.40. The first-order chi connectivity index (χ1) is 11.8. The molecule has 5 heteroatoms. The van der Waals surface area contributed by atoms with Crippen LogP contribution in [0.1, 0.15) is 11.1 Å². The van der Waals surface area contributed by atoms with Gasteiger partial charge in [0.25, 0.3) is 0 Å². The number of ether oxygens (including phenoxy) is 1. The van der Waals surface area contributed by atoms with Crippen molar-refractivity contribution in [2.45, 2.75) is 13.0 Å². The van der Waals surface area contributed by atoms with E-state index in [9.17, 15) is 4.79 Å². The average molecular weight is 322 g/mol. The van der Waals surface area contributed by atoms with Crippen molar-refractivity contribution in [1.29, 1.82) is 0 Å². The molecule has 2 aromatic heterocycles. The summed E-state index contributed by atoms with van der Waals surface area (Å²) in [6.45, 7) is 0.437. The molecule has 24 heavy (non-hydrogen) atoms. The van der Waals surface area contributed by atoms with Crippen LogP contribution in [0.5, 0.6) is 5.75 Å². The van der Waals surface area contributed by atoms with Gasteiger partial charge in [-0.15, -0.1) is 0 Å². The van der Waals surface area contributed by atoms with E-state index < -0.39 is 0 Å². The number of benzene rings is 1. The van der Waals surface area contributed by atoms with Crippen LogP contribution in [-0.2, 0) is 17.8 Å². The van der Waals surface area contributed by atoms with Crippen LogP contribution in [0, 0.1) is 0 Å². The van der Waals surface area contributed by atoms with Crippen molar-refractivity contribution in [3.63, 3.8) is 0 Å². The van der Waals surface area contributed by atoms with Gasteiger partial charge in [-0.25, -0.2) is 0 Å². The number of nitrogens with zero attached hydrogens (tertiary/aromatic N) is 1. The van der Waals surface area contributed by atoms with Crippen LogP contribution in [0.25, 0.3) is 11.3 Å². The molecule has 5 nitrogen and oxygen atoms in total. The number of hydrogen-bond donors (Lipinski definition) is 1. The van der Waals surface area contributed by atoms with Crippen LogP contribution >= 0.6 is 0 Å². The Bertz CT molecular complexity index is 796. The predicted octanol–water partition coefficient (Wildman–Crippen LogP) is 3.21. The van der Waals surface area contributed by atoms with Gasteiger partial charge in [-0.1, -0.05) is 24.3 Å². The van der Waals surface area contributed by atoms with E-state index in [-0.39, 0.29) is 12.3 Å². The van der Waals surface area contributed by atoms with Crippen molar-refractivity contribution in [3.8, 4) is 17.0 Å². The lowest BCUT2D eigenvalue weighted by Crippen LogP contribution is -2.24. The zero-order valence-electron chi connectivity index (χ0n) is 13.4. The minimum absolute atomic E-state index is 0.0570. The first kappa shape index (κ1) is 15.8. The van der Waals surface area contributed by atoms with Crippen LogP contribution in [0.15, 0.2) is 65.6 Å². The molecule has 0 radical (unpaired) electrons. The van der Waals surface area contributed by atoms with Crippen LogP contribution < -0.4 is 10.1 Å². The molecule has 0 saturated carbocycles. The molecular formula is C19H18N2O3. The van der Waals surface area contributed by atoms with Crippen LogP contribution in [0.3, 0.4) is 0 Å². The van der Waals surface area contributed by atoms with Gasteiger partial charge in [0.15, 0.2) is 0 Å². The highest BCUT2D eigenvalue weighted by Crippen LogP contribution is 2.18. The summed E-state index contributed by atoms with van der Waals surface area (Å²) >= 11 is 0. The van der Waals surface area contributed by atoms with Crippen molar-refractivity contribution in [1.82, 2.24) is 10.3 Å². The lowest BCUT2D eigenvalue weighted by atomic mass is 10.1. The number of pyridine rings is 1. The first-order valence-electron chi connectivity index (χ1n) is 7.62. The summed E-state index contributed by atoms with van der Waals surface area (Å²) in [7, 11) is 1.60. The Hall–Kier alpha value is -3.08. The summed E-state index contributed by atoms with van der Waals surface area (Å²) in [5.41, 5.74) is 3.58. The maximum Gasteiger partial charge on any atom is 0.224 e. The third kappa shape index (κ3) is 3.81. The second kappa shape index (κ2) is 7.46. The number of furan rings is 1. The number of amides is 1. The summed E-state index contributed by atoms with van der Waals surface area (Å²) < 4.78 is 10.3. The topological polar surface area (TPSA) is 64.4 Å². The molecule has 122 valence electrons. The van der Waals surface area contributed by atoms with Crippen molar-refractivity contribution >= 4 is 5.91 Å². The van der Waals surface area contributed by atoms with E-state index in [2.05, 4.69) is 10.3 Å². The second-order valence-electron chi connectivity index (χ2n) is 5.33. The van der Waals surface area contributed by atoms with E-state index in [1.807, 2.05) is 42.5 Å². The highest BCUT2D eigenvalue weighted by atomic mass is 16.5. The molecule has 1 aromatic carbocycles. The smallest absolute Gasteiger partial charge is 0.224 e. The maximum absolute atomic E-state index is 12.1. The molecule has 0 atom stereocenters. The molecule has 0 saturated heterocycles. The molecule has 0 spiro atoms. The number of nitrogens with one attached hydrogen (secondary N) is 1. The Morgan fingerprint density at radius 2 is 2.08 bits per heavy atom. The van der Waals surface area contributed by atoms with Crippen molar-refractivity contribution in [2.24, 2.45) is 0 Å². The average Bonchev–Trinajstić information content (AvgIpc) is 3.15. The van der Waals surface area contributed by atoms with E-state index in [1.165, 1.54) is 0 Å². The quantitative estimate of drug-likeness (QED) is 0.757. The highest BCUT2D eigenvalue weighted by Gasteiger charge is 2.08. The normalized spacial score (nSPS) is 10.4. The molecule has 0 aliphatic heterocycles. The monoisotopic (exact) mass is 322 g/mol. The highest BCUT2D eigenvalue weighted by molar-refractivity contribution is 5.79. The zero-order chi connectivity index (χ0) is 16.8.